The molecule has 3 rings (SSSR count). The minimum Gasteiger partial charge on any atom is -0.396 e. The first-order chi connectivity index (χ1) is 9.38. The van der Waals surface area contributed by atoms with E-state index in [1.807, 2.05) is 12.4 Å². The van der Waals surface area contributed by atoms with Crippen molar-refractivity contribution in [1.29, 1.82) is 0 Å². The minimum atomic E-state index is 0.273. The highest BCUT2D eigenvalue weighted by atomic mass is 16.3. The number of rotatable bonds is 5. The van der Waals surface area contributed by atoms with Gasteiger partial charge in [0, 0.05) is 50.7 Å². The van der Waals surface area contributed by atoms with E-state index in [0.717, 1.165) is 32.0 Å². The van der Waals surface area contributed by atoms with Crippen molar-refractivity contribution in [3.05, 3.63) is 30.1 Å². The monoisotopic (exact) mass is 261 g/mol. The van der Waals surface area contributed by atoms with Crippen LogP contribution < -0.4 is 5.32 Å². The molecule has 0 spiro atoms. The molecule has 1 saturated carbocycles. The molecule has 2 aliphatic rings. The molecule has 0 radical (unpaired) electrons. The number of nitrogens with one attached hydrogen (secondary N) is 1. The molecule has 2 heterocycles. The van der Waals surface area contributed by atoms with Gasteiger partial charge in [0.25, 0.3) is 0 Å². The second-order valence-electron chi connectivity index (χ2n) is 5.72. The smallest absolute Gasteiger partial charge is 0.0446 e. The molecule has 1 aromatic rings. The lowest BCUT2D eigenvalue weighted by Gasteiger charge is -2.39. The van der Waals surface area contributed by atoms with Gasteiger partial charge in [0.2, 0.25) is 0 Å². The quantitative estimate of drug-likeness (QED) is 0.836. The average Bonchev–Trinajstić information content (AvgIpc) is 3.26. The topological polar surface area (TPSA) is 48.4 Å². The van der Waals surface area contributed by atoms with Crippen LogP contribution in [0.4, 0.5) is 0 Å². The van der Waals surface area contributed by atoms with Crippen LogP contribution in [0.3, 0.4) is 0 Å². The fraction of sp³-hybridized carbons (Fsp3) is 0.667. The molecule has 0 amide bonds. The largest absolute Gasteiger partial charge is 0.396 e. The molecule has 2 fully saturated rings. The van der Waals surface area contributed by atoms with Crippen LogP contribution in [-0.2, 0) is 0 Å². The van der Waals surface area contributed by atoms with E-state index in [0.29, 0.717) is 12.1 Å². The Morgan fingerprint density at radius 1 is 1.37 bits per heavy atom. The van der Waals surface area contributed by atoms with Gasteiger partial charge in [-0.15, -0.1) is 0 Å². The highest BCUT2D eigenvalue weighted by Crippen LogP contribution is 2.44. The Bertz CT molecular complexity index is 392. The molecule has 4 heteroatoms. The third-order valence-corrected chi connectivity index (χ3v) is 4.27. The Labute approximate surface area is 114 Å². The van der Waals surface area contributed by atoms with Crippen LogP contribution in [0, 0.1) is 5.92 Å². The van der Waals surface area contributed by atoms with Gasteiger partial charge < -0.3 is 10.4 Å². The van der Waals surface area contributed by atoms with Crippen molar-refractivity contribution < 1.29 is 5.11 Å². The highest BCUT2D eigenvalue weighted by Gasteiger charge is 2.37. The molecule has 2 unspecified atom stereocenters. The number of hydrogen-bond donors (Lipinski definition) is 2. The molecule has 1 aromatic heterocycles. The summed E-state index contributed by atoms with van der Waals surface area (Å²) in [6.07, 6.45) is 7.35. The molecular weight excluding hydrogens is 238 g/mol. The van der Waals surface area contributed by atoms with Gasteiger partial charge in [-0.2, -0.15) is 0 Å². The van der Waals surface area contributed by atoms with E-state index in [1.54, 1.807) is 0 Å². The van der Waals surface area contributed by atoms with Crippen molar-refractivity contribution in [2.24, 2.45) is 5.92 Å². The van der Waals surface area contributed by atoms with Gasteiger partial charge >= 0.3 is 0 Å². The van der Waals surface area contributed by atoms with Crippen LogP contribution in [0.1, 0.15) is 30.9 Å². The molecule has 0 aromatic carbocycles. The van der Waals surface area contributed by atoms with Gasteiger partial charge in [-0.25, -0.2) is 0 Å². The molecule has 1 aliphatic heterocycles. The van der Waals surface area contributed by atoms with Gasteiger partial charge in [0.15, 0.2) is 0 Å². The zero-order valence-electron chi connectivity index (χ0n) is 11.3. The van der Waals surface area contributed by atoms with E-state index in [4.69, 9.17) is 5.11 Å². The summed E-state index contributed by atoms with van der Waals surface area (Å²) in [5.74, 6) is 0.815. The predicted octanol–water partition coefficient (Wildman–Crippen LogP) is 1.19. The summed E-state index contributed by atoms with van der Waals surface area (Å²) in [5, 5.41) is 12.6. The Kier molecular flexibility index (Phi) is 4.11. The van der Waals surface area contributed by atoms with Crippen molar-refractivity contribution in [1.82, 2.24) is 15.2 Å². The summed E-state index contributed by atoms with van der Waals surface area (Å²) >= 11 is 0. The molecule has 4 nitrogen and oxygen atoms in total. The van der Waals surface area contributed by atoms with Crippen LogP contribution in [-0.4, -0.2) is 47.3 Å². The zero-order valence-corrected chi connectivity index (χ0v) is 11.3. The first-order valence-corrected chi connectivity index (χ1v) is 7.36. The van der Waals surface area contributed by atoms with Gasteiger partial charge in [0.1, 0.15) is 0 Å². The highest BCUT2D eigenvalue weighted by molar-refractivity contribution is 5.18. The Hall–Kier alpha value is -0.970. The summed E-state index contributed by atoms with van der Waals surface area (Å²) in [6, 6.07) is 5.30. The second-order valence-corrected chi connectivity index (χ2v) is 5.72. The molecule has 2 N–H and O–H groups in total. The summed E-state index contributed by atoms with van der Waals surface area (Å²) < 4.78 is 0. The van der Waals surface area contributed by atoms with E-state index in [1.165, 1.54) is 18.4 Å². The fourth-order valence-corrected chi connectivity index (χ4v) is 3.21. The van der Waals surface area contributed by atoms with Crippen LogP contribution in [0.5, 0.6) is 0 Å². The van der Waals surface area contributed by atoms with Crippen molar-refractivity contribution in [3.8, 4) is 0 Å². The average molecular weight is 261 g/mol. The number of piperazine rings is 1. The van der Waals surface area contributed by atoms with Crippen LogP contribution in [0.15, 0.2) is 24.5 Å². The molecular formula is C15H23N3O. The SMILES string of the molecule is OCCC1CN(C(c2ccncc2)C2CC2)CCN1. The van der Waals surface area contributed by atoms with Crippen molar-refractivity contribution in [2.45, 2.75) is 31.3 Å². The maximum absolute atomic E-state index is 9.12. The van der Waals surface area contributed by atoms with Crippen LogP contribution in [0.25, 0.3) is 0 Å². The summed E-state index contributed by atoms with van der Waals surface area (Å²) in [7, 11) is 0. The lowest BCUT2D eigenvalue weighted by atomic mass is 9.99. The standard InChI is InChI=1S/C15H23N3O/c19-10-5-14-11-18(9-8-17-14)15(12-1-2-12)13-3-6-16-7-4-13/h3-4,6-7,12,14-15,17,19H,1-2,5,8-11H2. The van der Waals surface area contributed by atoms with Crippen molar-refractivity contribution in [3.63, 3.8) is 0 Å². The van der Waals surface area contributed by atoms with Gasteiger partial charge in [-0.3, -0.25) is 9.88 Å². The van der Waals surface area contributed by atoms with E-state index in [2.05, 4.69) is 27.3 Å². The van der Waals surface area contributed by atoms with E-state index in [-0.39, 0.29) is 6.61 Å². The maximum atomic E-state index is 9.12. The van der Waals surface area contributed by atoms with Crippen molar-refractivity contribution >= 4 is 0 Å². The number of nitrogens with zero attached hydrogens (tertiary/aromatic N) is 2. The fourth-order valence-electron chi connectivity index (χ4n) is 3.21. The van der Waals surface area contributed by atoms with Gasteiger partial charge in [0.05, 0.1) is 0 Å². The second kappa shape index (κ2) is 5.99. The summed E-state index contributed by atoms with van der Waals surface area (Å²) in [5.41, 5.74) is 1.40. The van der Waals surface area contributed by atoms with Gasteiger partial charge in [-0.1, -0.05) is 0 Å². The molecule has 19 heavy (non-hydrogen) atoms. The first-order valence-electron chi connectivity index (χ1n) is 7.36. The molecule has 0 bridgehead atoms. The summed E-state index contributed by atoms with van der Waals surface area (Å²) in [6.45, 7) is 3.45. The Morgan fingerprint density at radius 2 is 2.16 bits per heavy atom. The molecule has 1 aliphatic carbocycles. The third kappa shape index (κ3) is 3.14. The minimum absolute atomic E-state index is 0.273. The van der Waals surface area contributed by atoms with Crippen LogP contribution in [0.2, 0.25) is 0 Å². The molecule has 104 valence electrons. The Morgan fingerprint density at radius 3 is 2.84 bits per heavy atom. The van der Waals surface area contributed by atoms with Gasteiger partial charge in [-0.05, 0) is 42.9 Å². The first kappa shape index (κ1) is 13.0. The summed E-state index contributed by atoms with van der Waals surface area (Å²) in [4.78, 5) is 6.73. The molecule has 2 atom stereocenters. The third-order valence-electron chi connectivity index (χ3n) is 4.27. The van der Waals surface area contributed by atoms with E-state index in [9.17, 15) is 0 Å². The lowest BCUT2D eigenvalue weighted by Crippen LogP contribution is -2.52. The van der Waals surface area contributed by atoms with E-state index < -0.39 is 0 Å². The van der Waals surface area contributed by atoms with E-state index >= 15 is 0 Å². The molecule has 1 saturated heterocycles. The Balaban J connectivity index is 1.73. The number of pyridine rings is 1. The number of aliphatic hydroxyl groups is 1. The van der Waals surface area contributed by atoms with Crippen LogP contribution >= 0.6 is 0 Å². The number of hydrogen-bond acceptors (Lipinski definition) is 4. The van der Waals surface area contributed by atoms with Crippen molar-refractivity contribution in [2.75, 3.05) is 26.2 Å². The zero-order chi connectivity index (χ0) is 13.1. The maximum Gasteiger partial charge on any atom is 0.0446 e. The number of aromatic nitrogens is 1. The predicted molar refractivity (Wildman–Crippen MR) is 74.8 cm³/mol. The number of aliphatic hydroxyl groups excluding tert-OH is 1. The lowest BCUT2D eigenvalue weighted by molar-refractivity contribution is 0.117. The normalized spacial score (nSPS) is 26.3.